The molecule has 3 N–H and O–H groups in total. The van der Waals surface area contributed by atoms with Crippen molar-refractivity contribution in [3.05, 3.63) is 54.0 Å². The summed E-state index contributed by atoms with van der Waals surface area (Å²) in [7, 11) is 0. The van der Waals surface area contributed by atoms with Gasteiger partial charge in [-0.3, -0.25) is 4.79 Å². The van der Waals surface area contributed by atoms with Gasteiger partial charge in [-0.2, -0.15) is 0 Å². The fourth-order valence-electron chi connectivity index (χ4n) is 4.23. The molecule has 1 heterocycles. The molecule has 2 aliphatic rings. The van der Waals surface area contributed by atoms with E-state index in [4.69, 9.17) is 10.5 Å². The number of carbonyl (C=O) groups excluding carboxylic acids is 1. The summed E-state index contributed by atoms with van der Waals surface area (Å²) in [5.74, 6) is 1.58. The third kappa shape index (κ3) is 3.42. The van der Waals surface area contributed by atoms with Crippen LogP contribution in [0.1, 0.15) is 24.8 Å². The third-order valence-electron chi connectivity index (χ3n) is 5.58. The molecule has 2 aliphatic carbocycles. The summed E-state index contributed by atoms with van der Waals surface area (Å²) in [6.07, 6.45) is 5.04. The number of hydrogen-bond acceptors (Lipinski definition) is 4. The van der Waals surface area contributed by atoms with Crippen molar-refractivity contribution in [1.29, 1.82) is 0 Å². The summed E-state index contributed by atoms with van der Waals surface area (Å²) in [4.78, 5) is 16.7. The first-order valence-electron chi connectivity index (χ1n) is 9.02. The molecule has 0 radical (unpaired) electrons. The number of rotatable bonds is 5. The molecule has 0 aliphatic heterocycles. The zero-order chi connectivity index (χ0) is 18.1. The van der Waals surface area contributed by atoms with Crippen molar-refractivity contribution in [3.8, 4) is 11.6 Å². The Labute approximate surface area is 151 Å². The lowest BCUT2D eigenvalue weighted by Crippen LogP contribution is -2.45. The predicted molar refractivity (Wildman–Crippen MR) is 94.9 cm³/mol. The van der Waals surface area contributed by atoms with Gasteiger partial charge in [0.25, 0.3) is 0 Å². The average Bonchev–Trinajstić information content (AvgIpc) is 3.24. The molecule has 4 rings (SSSR count). The average molecular weight is 355 g/mol. The smallest absolute Gasteiger partial charge is 0.225 e. The summed E-state index contributed by atoms with van der Waals surface area (Å²) < 4.78 is 18.5. The second-order valence-electron chi connectivity index (χ2n) is 7.21. The molecule has 26 heavy (non-hydrogen) atoms. The van der Waals surface area contributed by atoms with Gasteiger partial charge >= 0.3 is 0 Å². The second kappa shape index (κ2) is 7.03. The fourth-order valence-corrected chi connectivity index (χ4v) is 4.23. The van der Waals surface area contributed by atoms with Gasteiger partial charge in [0.2, 0.25) is 11.8 Å². The lowest BCUT2D eigenvalue weighted by Gasteiger charge is -2.27. The van der Waals surface area contributed by atoms with Gasteiger partial charge in [-0.1, -0.05) is 6.07 Å². The summed E-state index contributed by atoms with van der Waals surface area (Å²) in [5.41, 5.74) is 7.11. The zero-order valence-electron chi connectivity index (χ0n) is 14.4. The maximum Gasteiger partial charge on any atom is 0.225 e. The SMILES string of the molecule is NC1C2CCC(C2)C1C(=O)NCc1ccc(Oc2ccc(F)cc2)nc1. The number of benzene rings is 1. The molecule has 2 aromatic rings. The van der Waals surface area contributed by atoms with Crippen molar-refractivity contribution in [2.24, 2.45) is 23.5 Å². The highest BCUT2D eigenvalue weighted by atomic mass is 19.1. The van der Waals surface area contributed by atoms with Gasteiger partial charge < -0.3 is 15.8 Å². The number of carbonyl (C=O) groups is 1. The molecule has 1 aromatic carbocycles. The minimum Gasteiger partial charge on any atom is -0.439 e. The Hall–Kier alpha value is -2.47. The number of ether oxygens (including phenoxy) is 1. The van der Waals surface area contributed by atoms with Crippen LogP contribution in [0.2, 0.25) is 0 Å². The Morgan fingerprint density at radius 1 is 1.19 bits per heavy atom. The Morgan fingerprint density at radius 2 is 1.96 bits per heavy atom. The summed E-state index contributed by atoms with van der Waals surface area (Å²) in [6.45, 7) is 0.420. The highest BCUT2D eigenvalue weighted by molar-refractivity contribution is 5.80. The molecule has 136 valence electrons. The number of pyridine rings is 1. The number of fused-ring (bicyclic) bond motifs is 2. The van der Waals surface area contributed by atoms with Crippen LogP contribution in [-0.2, 0) is 11.3 Å². The normalized spacial score (nSPS) is 26.7. The summed E-state index contributed by atoms with van der Waals surface area (Å²) in [5, 5.41) is 2.99. The maximum atomic E-state index is 12.9. The Morgan fingerprint density at radius 3 is 2.62 bits per heavy atom. The van der Waals surface area contributed by atoms with Crippen LogP contribution in [0.3, 0.4) is 0 Å². The largest absolute Gasteiger partial charge is 0.439 e. The van der Waals surface area contributed by atoms with Crippen molar-refractivity contribution in [2.45, 2.75) is 31.8 Å². The van der Waals surface area contributed by atoms with Gasteiger partial charge in [0.05, 0.1) is 5.92 Å². The quantitative estimate of drug-likeness (QED) is 0.864. The first-order valence-corrected chi connectivity index (χ1v) is 9.02. The number of nitrogens with zero attached hydrogens (tertiary/aromatic N) is 1. The third-order valence-corrected chi connectivity index (χ3v) is 5.58. The molecular weight excluding hydrogens is 333 g/mol. The minimum absolute atomic E-state index is 0.00152. The number of nitrogens with one attached hydrogen (secondary N) is 1. The maximum absolute atomic E-state index is 12.9. The van der Waals surface area contributed by atoms with Crippen molar-refractivity contribution in [2.75, 3.05) is 0 Å². The molecule has 6 heteroatoms. The Kier molecular flexibility index (Phi) is 4.59. The molecule has 2 bridgehead atoms. The second-order valence-corrected chi connectivity index (χ2v) is 7.21. The molecular formula is C20H22FN3O2. The van der Waals surface area contributed by atoms with Gasteiger partial charge in [-0.15, -0.1) is 0 Å². The van der Waals surface area contributed by atoms with Crippen molar-refractivity contribution < 1.29 is 13.9 Å². The van der Waals surface area contributed by atoms with E-state index in [1.807, 2.05) is 6.07 Å². The van der Waals surface area contributed by atoms with Crippen LogP contribution >= 0.6 is 0 Å². The highest BCUT2D eigenvalue weighted by Gasteiger charge is 2.48. The molecule has 2 saturated carbocycles. The van der Waals surface area contributed by atoms with Gasteiger partial charge in [0.1, 0.15) is 11.6 Å². The Bertz CT molecular complexity index is 777. The van der Waals surface area contributed by atoms with Crippen LogP contribution in [0.4, 0.5) is 4.39 Å². The van der Waals surface area contributed by atoms with E-state index in [2.05, 4.69) is 10.3 Å². The summed E-state index contributed by atoms with van der Waals surface area (Å²) in [6, 6.07) is 9.34. The number of nitrogens with two attached hydrogens (primary N) is 1. The van der Waals surface area contributed by atoms with E-state index in [9.17, 15) is 9.18 Å². The number of halogens is 1. The minimum atomic E-state index is -0.313. The standard InChI is InChI=1S/C20H22FN3O2/c21-15-4-6-16(7-5-15)26-17-8-1-12(10-23-17)11-24-20(25)18-13-2-3-14(9-13)19(18)22/h1,4-8,10,13-14,18-19H,2-3,9,11,22H2,(H,24,25). The number of amides is 1. The molecule has 0 spiro atoms. The lowest BCUT2D eigenvalue weighted by atomic mass is 9.84. The molecule has 4 atom stereocenters. The lowest BCUT2D eigenvalue weighted by molar-refractivity contribution is -0.127. The van der Waals surface area contributed by atoms with E-state index in [1.54, 1.807) is 24.4 Å². The van der Waals surface area contributed by atoms with Crippen molar-refractivity contribution in [3.63, 3.8) is 0 Å². The van der Waals surface area contributed by atoms with Crippen LogP contribution in [0.5, 0.6) is 11.6 Å². The van der Waals surface area contributed by atoms with Gasteiger partial charge in [-0.25, -0.2) is 9.37 Å². The van der Waals surface area contributed by atoms with E-state index in [1.165, 1.54) is 12.1 Å². The number of aromatic nitrogens is 1. The van der Waals surface area contributed by atoms with E-state index >= 15 is 0 Å². The highest BCUT2D eigenvalue weighted by Crippen LogP contribution is 2.47. The molecule has 2 fully saturated rings. The van der Waals surface area contributed by atoms with Crippen LogP contribution in [0.25, 0.3) is 0 Å². The van der Waals surface area contributed by atoms with E-state index in [0.29, 0.717) is 30.0 Å². The summed E-state index contributed by atoms with van der Waals surface area (Å²) >= 11 is 0. The number of hydrogen-bond donors (Lipinski definition) is 2. The van der Waals surface area contributed by atoms with Crippen LogP contribution < -0.4 is 15.8 Å². The first kappa shape index (κ1) is 17.0. The van der Waals surface area contributed by atoms with E-state index < -0.39 is 0 Å². The molecule has 1 aromatic heterocycles. The van der Waals surface area contributed by atoms with Crippen LogP contribution in [-0.4, -0.2) is 16.9 Å². The topological polar surface area (TPSA) is 77.2 Å². The van der Waals surface area contributed by atoms with E-state index in [-0.39, 0.29) is 23.7 Å². The van der Waals surface area contributed by atoms with E-state index in [0.717, 1.165) is 24.8 Å². The molecule has 1 amide bonds. The zero-order valence-corrected chi connectivity index (χ0v) is 14.4. The first-order chi connectivity index (χ1) is 12.6. The van der Waals surface area contributed by atoms with Crippen molar-refractivity contribution in [1.82, 2.24) is 10.3 Å². The van der Waals surface area contributed by atoms with Gasteiger partial charge in [0.15, 0.2) is 0 Å². The fraction of sp³-hybridized carbons (Fsp3) is 0.400. The molecule has 4 unspecified atom stereocenters. The molecule has 0 saturated heterocycles. The Balaban J connectivity index is 1.31. The van der Waals surface area contributed by atoms with Gasteiger partial charge in [-0.05, 0) is 60.9 Å². The van der Waals surface area contributed by atoms with Gasteiger partial charge in [0, 0.05) is 24.8 Å². The monoisotopic (exact) mass is 355 g/mol. The van der Waals surface area contributed by atoms with Crippen LogP contribution in [0.15, 0.2) is 42.6 Å². The molecule has 5 nitrogen and oxygen atoms in total. The predicted octanol–water partition coefficient (Wildman–Crippen LogP) is 3.00. The van der Waals surface area contributed by atoms with Crippen molar-refractivity contribution >= 4 is 5.91 Å². The van der Waals surface area contributed by atoms with Crippen LogP contribution in [0, 0.1) is 23.6 Å².